The molecule has 1 aliphatic heterocycles. The van der Waals surface area contributed by atoms with E-state index in [1.807, 2.05) is 12.1 Å². The number of H-pyrrole nitrogens is 1. The maximum atomic E-state index is 6.23. The molecule has 3 rings (SSSR count). The van der Waals surface area contributed by atoms with E-state index in [2.05, 4.69) is 15.3 Å². The quantitative estimate of drug-likeness (QED) is 0.834. The lowest BCUT2D eigenvalue weighted by atomic mass is 9.98. The number of hydrogen-bond donors (Lipinski definition) is 2. The van der Waals surface area contributed by atoms with Crippen molar-refractivity contribution in [3.8, 4) is 0 Å². The minimum Gasteiger partial charge on any atom is -0.348 e. The lowest BCUT2D eigenvalue weighted by molar-refractivity contribution is 0.553. The second kappa shape index (κ2) is 4.33. The van der Waals surface area contributed by atoms with Crippen molar-refractivity contribution < 1.29 is 0 Å². The predicted molar refractivity (Wildman–Crippen MR) is 68.6 cm³/mol. The van der Waals surface area contributed by atoms with Gasteiger partial charge < -0.3 is 10.3 Å². The molecule has 0 saturated heterocycles. The van der Waals surface area contributed by atoms with Crippen LogP contribution in [0.1, 0.15) is 23.0 Å². The minimum absolute atomic E-state index is 0.0243. The number of nitrogens with one attached hydrogen (secondary N) is 2. The van der Waals surface area contributed by atoms with Crippen LogP contribution in [0, 0.1) is 0 Å². The molecule has 3 nitrogen and oxygen atoms in total. The molecule has 0 fully saturated rings. The molecule has 2 heterocycles. The highest BCUT2D eigenvalue weighted by molar-refractivity contribution is 6.33. The highest BCUT2D eigenvalue weighted by atomic mass is 35.5. The first-order valence-corrected chi connectivity index (χ1v) is 6.22. The van der Waals surface area contributed by atoms with Crippen LogP contribution in [0.2, 0.25) is 10.0 Å². The number of imidazole rings is 1. The van der Waals surface area contributed by atoms with Gasteiger partial charge in [-0.05, 0) is 23.8 Å². The predicted octanol–water partition coefficient (Wildman–Crippen LogP) is 2.95. The molecule has 0 aliphatic carbocycles. The molecule has 5 heteroatoms. The first-order valence-electron chi connectivity index (χ1n) is 5.46. The van der Waals surface area contributed by atoms with Gasteiger partial charge in [-0.2, -0.15) is 0 Å². The van der Waals surface area contributed by atoms with Gasteiger partial charge in [-0.1, -0.05) is 23.2 Å². The molecule has 0 saturated carbocycles. The molecule has 17 heavy (non-hydrogen) atoms. The van der Waals surface area contributed by atoms with Crippen LogP contribution in [0.25, 0.3) is 0 Å². The summed E-state index contributed by atoms with van der Waals surface area (Å²) in [4.78, 5) is 7.53. The topological polar surface area (TPSA) is 40.7 Å². The van der Waals surface area contributed by atoms with Crippen molar-refractivity contribution in [3.05, 3.63) is 51.5 Å². The highest BCUT2D eigenvalue weighted by Crippen LogP contribution is 2.32. The van der Waals surface area contributed by atoms with Crippen molar-refractivity contribution in [1.82, 2.24) is 15.3 Å². The standard InChI is InChI=1S/C12H11Cl2N3/c13-7-1-2-9(14)8(5-7)11-12-10(3-4-15-11)16-6-17-12/h1-2,5-6,11,15H,3-4H2,(H,16,17)/t11-/m0/s1. The van der Waals surface area contributed by atoms with Crippen LogP contribution < -0.4 is 5.32 Å². The third-order valence-electron chi connectivity index (χ3n) is 3.02. The maximum absolute atomic E-state index is 6.23. The van der Waals surface area contributed by atoms with Crippen molar-refractivity contribution in [1.29, 1.82) is 0 Å². The SMILES string of the molecule is Clc1ccc(Cl)c([C@@H]2NCCc3[nH]cnc32)c1. The Morgan fingerprint density at radius 1 is 1.29 bits per heavy atom. The highest BCUT2D eigenvalue weighted by Gasteiger charge is 2.25. The zero-order valence-corrected chi connectivity index (χ0v) is 10.5. The summed E-state index contributed by atoms with van der Waals surface area (Å²) in [5, 5.41) is 4.82. The third kappa shape index (κ3) is 1.95. The summed E-state index contributed by atoms with van der Waals surface area (Å²) in [6.07, 6.45) is 2.69. The molecule has 2 N–H and O–H groups in total. The summed E-state index contributed by atoms with van der Waals surface area (Å²) in [5.74, 6) is 0. The summed E-state index contributed by atoms with van der Waals surface area (Å²) < 4.78 is 0. The Balaban J connectivity index is 2.09. The van der Waals surface area contributed by atoms with Crippen LogP contribution in [0.15, 0.2) is 24.5 Å². The Labute approximate surface area is 109 Å². The fourth-order valence-electron chi connectivity index (χ4n) is 2.21. The summed E-state index contributed by atoms with van der Waals surface area (Å²) in [7, 11) is 0. The van der Waals surface area contributed by atoms with Crippen LogP contribution in [0.3, 0.4) is 0 Å². The number of benzene rings is 1. The van der Waals surface area contributed by atoms with E-state index in [9.17, 15) is 0 Å². The zero-order valence-electron chi connectivity index (χ0n) is 9.00. The van der Waals surface area contributed by atoms with Crippen molar-refractivity contribution in [2.75, 3.05) is 6.54 Å². The van der Waals surface area contributed by atoms with E-state index in [-0.39, 0.29) is 6.04 Å². The van der Waals surface area contributed by atoms with Crippen LogP contribution in [-0.4, -0.2) is 16.5 Å². The summed E-state index contributed by atoms with van der Waals surface area (Å²) in [5.41, 5.74) is 3.16. The maximum Gasteiger partial charge on any atom is 0.0926 e. The first-order chi connectivity index (χ1) is 8.25. The van der Waals surface area contributed by atoms with E-state index >= 15 is 0 Å². The molecule has 1 aliphatic rings. The van der Waals surface area contributed by atoms with Gasteiger partial charge in [0.25, 0.3) is 0 Å². The number of halogens is 2. The van der Waals surface area contributed by atoms with Gasteiger partial charge in [0.15, 0.2) is 0 Å². The van der Waals surface area contributed by atoms with Crippen molar-refractivity contribution >= 4 is 23.2 Å². The van der Waals surface area contributed by atoms with E-state index in [4.69, 9.17) is 23.2 Å². The van der Waals surface area contributed by atoms with E-state index in [1.165, 1.54) is 5.69 Å². The molecule has 0 spiro atoms. The lowest BCUT2D eigenvalue weighted by Gasteiger charge is -2.24. The summed E-state index contributed by atoms with van der Waals surface area (Å²) in [6, 6.07) is 5.53. The Kier molecular flexibility index (Phi) is 2.82. The second-order valence-corrected chi connectivity index (χ2v) is 4.91. The molecule has 1 aromatic heterocycles. The number of fused-ring (bicyclic) bond motifs is 1. The summed E-state index contributed by atoms with van der Waals surface area (Å²) in [6.45, 7) is 0.905. The van der Waals surface area contributed by atoms with Crippen molar-refractivity contribution in [2.24, 2.45) is 0 Å². The molecular weight excluding hydrogens is 257 g/mol. The number of aromatic amines is 1. The molecule has 1 atom stereocenters. The Morgan fingerprint density at radius 3 is 3.06 bits per heavy atom. The van der Waals surface area contributed by atoms with Crippen LogP contribution in [-0.2, 0) is 6.42 Å². The van der Waals surface area contributed by atoms with Gasteiger partial charge in [0, 0.05) is 28.7 Å². The van der Waals surface area contributed by atoms with Crippen molar-refractivity contribution in [2.45, 2.75) is 12.5 Å². The van der Waals surface area contributed by atoms with E-state index in [1.54, 1.807) is 12.4 Å². The smallest absolute Gasteiger partial charge is 0.0926 e. The Bertz CT molecular complexity index is 550. The average molecular weight is 268 g/mol. The van der Waals surface area contributed by atoms with Crippen LogP contribution in [0.5, 0.6) is 0 Å². The van der Waals surface area contributed by atoms with Gasteiger partial charge in [-0.25, -0.2) is 4.98 Å². The van der Waals surface area contributed by atoms with Gasteiger partial charge >= 0.3 is 0 Å². The Morgan fingerprint density at radius 2 is 2.18 bits per heavy atom. The van der Waals surface area contributed by atoms with Crippen LogP contribution >= 0.6 is 23.2 Å². The normalized spacial score (nSPS) is 19.1. The van der Waals surface area contributed by atoms with Crippen LogP contribution in [0.4, 0.5) is 0 Å². The molecular formula is C12H11Cl2N3. The molecule has 0 bridgehead atoms. The third-order valence-corrected chi connectivity index (χ3v) is 3.60. The van der Waals surface area contributed by atoms with Gasteiger partial charge in [-0.3, -0.25) is 0 Å². The number of nitrogens with zero attached hydrogens (tertiary/aromatic N) is 1. The zero-order chi connectivity index (χ0) is 11.8. The first kappa shape index (κ1) is 11.1. The van der Waals surface area contributed by atoms with Crippen molar-refractivity contribution in [3.63, 3.8) is 0 Å². The fourth-order valence-corrected chi connectivity index (χ4v) is 2.62. The van der Waals surface area contributed by atoms with Gasteiger partial charge in [0.1, 0.15) is 0 Å². The van der Waals surface area contributed by atoms with E-state index < -0.39 is 0 Å². The molecule has 88 valence electrons. The molecule has 2 aromatic rings. The largest absolute Gasteiger partial charge is 0.348 e. The molecule has 0 unspecified atom stereocenters. The fraction of sp³-hybridized carbons (Fsp3) is 0.250. The van der Waals surface area contributed by atoms with Gasteiger partial charge in [0.2, 0.25) is 0 Å². The van der Waals surface area contributed by atoms with E-state index in [0.29, 0.717) is 10.0 Å². The average Bonchev–Trinajstić information content (AvgIpc) is 2.80. The lowest BCUT2D eigenvalue weighted by Crippen LogP contribution is -2.30. The Hall–Kier alpha value is -1.03. The molecule has 0 amide bonds. The van der Waals surface area contributed by atoms with Gasteiger partial charge in [-0.15, -0.1) is 0 Å². The monoisotopic (exact) mass is 267 g/mol. The number of hydrogen-bond acceptors (Lipinski definition) is 2. The number of aromatic nitrogens is 2. The van der Waals surface area contributed by atoms with E-state index in [0.717, 1.165) is 24.2 Å². The minimum atomic E-state index is 0.0243. The number of rotatable bonds is 1. The molecule has 0 radical (unpaired) electrons. The second-order valence-electron chi connectivity index (χ2n) is 4.07. The van der Waals surface area contributed by atoms with Gasteiger partial charge in [0.05, 0.1) is 18.1 Å². The summed E-state index contributed by atoms with van der Waals surface area (Å²) >= 11 is 12.2. The molecule has 1 aromatic carbocycles.